The van der Waals surface area contributed by atoms with E-state index in [0.717, 1.165) is 16.8 Å². The quantitative estimate of drug-likeness (QED) is 0.302. The van der Waals surface area contributed by atoms with Crippen LogP contribution < -0.4 is 16.0 Å². The summed E-state index contributed by atoms with van der Waals surface area (Å²) >= 11 is 12.0. The van der Waals surface area contributed by atoms with Crippen molar-refractivity contribution in [1.82, 2.24) is 24.8 Å². The molecule has 34 heavy (non-hydrogen) atoms. The van der Waals surface area contributed by atoms with Crippen LogP contribution in [0.4, 0.5) is 11.8 Å². The number of benzene rings is 2. The molecule has 4 rings (SSSR count). The summed E-state index contributed by atoms with van der Waals surface area (Å²) in [6, 6.07) is 16.7. The van der Waals surface area contributed by atoms with Gasteiger partial charge in [0.25, 0.3) is 0 Å². The van der Waals surface area contributed by atoms with Crippen LogP contribution in [0.15, 0.2) is 73.3 Å². The molecule has 1 amide bonds. The standard InChI is InChI=1S/C24H23Cl2N7O/c25-19-6-4-17(5-7-19)12-29-23(34)14-28-22-11-21(15-33-9-8-27-16-33)31-24(32-22)30-13-18-2-1-3-20(26)10-18/h1-11,16H,12-15H2,(H,29,34)(H2,28,30,31,32). The van der Waals surface area contributed by atoms with Gasteiger partial charge >= 0.3 is 0 Å². The normalized spacial score (nSPS) is 10.6. The molecule has 0 fully saturated rings. The van der Waals surface area contributed by atoms with Crippen LogP contribution in [0.3, 0.4) is 0 Å². The van der Waals surface area contributed by atoms with E-state index in [0.29, 0.717) is 41.4 Å². The van der Waals surface area contributed by atoms with E-state index in [-0.39, 0.29) is 12.5 Å². The molecule has 174 valence electrons. The highest BCUT2D eigenvalue weighted by molar-refractivity contribution is 6.30. The van der Waals surface area contributed by atoms with Crippen molar-refractivity contribution in [2.24, 2.45) is 0 Å². The smallest absolute Gasteiger partial charge is 0.239 e. The first kappa shape index (κ1) is 23.5. The van der Waals surface area contributed by atoms with Gasteiger partial charge in [-0.2, -0.15) is 4.98 Å². The van der Waals surface area contributed by atoms with Gasteiger partial charge in [0.15, 0.2) is 0 Å². The number of hydrogen-bond donors (Lipinski definition) is 3. The third kappa shape index (κ3) is 7.19. The van der Waals surface area contributed by atoms with Gasteiger partial charge in [0.1, 0.15) is 5.82 Å². The van der Waals surface area contributed by atoms with Crippen molar-refractivity contribution in [2.45, 2.75) is 19.6 Å². The molecule has 2 aromatic heterocycles. The van der Waals surface area contributed by atoms with Gasteiger partial charge in [-0.05, 0) is 35.4 Å². The van der Waals surface area contributed by atoms with Crippen molar-refractivity contribution in [1.29, 1.82) is 0 Å². The molecule has 0 aliphatic heterocycles. The number of carbonyl (C=O) groups is 1. The lowest BCUT2D eigenvalue weighted by Crippen LogP contribution is -2.29. The van der Waals surface area contributed by atoms with E-state index in [1.54, 1.807) is 24.7 Å². The summed E-state index contributed by atoms with van der Waals surface area (Å²) < 4.78 is 1.91. The fourth-order valence-corrected chi connectivity index (χ4v) is 3.52. The fraction of sp³-hybridized carbons (Fsp3) is 0.167. The van der Waals surface area contributed by atoms with Crippen LogP contribution in [0.2, 0.25) is 10.0 Å². The first-order valence-corrected chi connectivity index (χ1v) is 11.4. The van der Waals surface area contributed by atoms with Crippen molar-refractivity contribution < 1.29 is 4.79 Å². The number of halogens is 2. The minimum Gasteiger partial charge on any atom is -0.361 e. The summed E-state index contributed by atoms with van der Waals surface area (Å²) in [4.78, 5) is 25.5. The maximum absolute atomic E-state index is 12.3. The van der Waals surface area contributed by atoms with Gasteiger partial charge in [-0.3, -0.25) is 4.79 Å². The minimum absolute atomic E-state index is 0.0723. The second-order valence-electron chi connectivity index (χ2n) is 7.54. The molecule has 0 aliphatic rings. The number of nitrogens with zero attached hydrogens (tertiary/aromatic N) is 4. The molecule has 0 radical (unpaired) electrons. The predicted molar refractivity (Wildman–Crippen MR) is 134 cm³/mol. The number of nitrogens with one attached hydrogen (secondary N) is 3. The van der Waals surface area contributed by atoms with Gasteiger partial charge in [-0.25, -0.2) is 9.97 Å². The third-order valence-corrected chi connectivity index (χ3v) is 5.34. The average Bonchev–Trinajstić information content (AvgIpc) is 3.34. The number of anilines is 2. The Morgan fingerprint density at radius 1 is 0.912 bits per heavy atom. The van der Waals surface area contributed by atoms with Crippen LogP contribution in [0, 0.1) is 0 Å². The Labute approximate surface area is 207 Å². The molecule has 0 saturated carbocycles. The maximum atomic E-state index is 12.3. The molecular weight excluding hydrogens is 473 g/mol. The van der Waals surface area contributed by atoms with E-state index in [1.165, 1.54) is 0 Å². The lowest BCUT2D eigenvalue weighted by atomic mass is 10.2. The van der Waals surface area contributed by atoms with Crippen LogP contribution in [0.5, 0.6) is 0 Å². The highest BCUT2D eigenvalue weighted by Crippen LogP contribution is 2.15. The largest absolute Gasteiger partial charge is 0.361 e. The Morgan fingerprint density at radius 2 is 1.76 bits per heavy atom. The molecule has 2 aromatic carbocycles. The molecule has 10 heteroatoms. The molecule has 0 unspecified atom stereocenters. The van der Waals surface area contributed by atoms with Gasteiger partial charge in [0, 0.05) is 41.6 Å². The molecule has 3 N–H and O–H groups in total. The summed E-state index contributed by atoms with van der Waals surface area (Å²) in [5.41, 5.74) is 2.74. The highest BCUT2D eigenvalue weighted by Gasteiger charge is 2.08. The highest BCUT2D eigenvalue weighted by atomic mass is 35.5. The molecule has 4 aromatic rings. The zero-order chi connectivity index (χ0) is 23.8. The van der Waals surface area contributed by atoms with E-state index in [1.807, 2.05) is 53.2 Å². The number of aromatic nitrogens is 4. The topological polar surface area (TPSA) is 96.8 Å². The zero-order valence-electron chi connectivity index (χ0n) is 18.2. The van der Waals surface area contributed by atoms with E-state index < -0.39 is 0 Å². The SMILES string of the molecule is O=C(CNc1cc(Cn2ccnc2)nc(NCc2cccc(Cl)c2)n1)NCc1ccc(Cl)cc1. The molecular formula is C24H23Cl2N7O. The summed E-state index contributed by atoms with van der Waals surface area (Å²) in [6.45, 7) is 1.52. The first-order valence-electron chi connectivity index (χ1n) is 10.6. The van der Waals surface area contributed by atoms with Gasteiger partial charge < -0.3 is 20.5 Å². The van der Waals surface area contributed by atoms with Crippen molar-refractivity contribution in [3.05, 3.63) is 100 Å². The number of carbonyl (C=O) groups excluding carboxylic acids is 1. The monoisotopic (exact) mass is 495 g/mol. The molecule has 2 heterocycles. The van der Waals surface area contributed by atoms with Gasteiger partial charge in [-0.15, -0.1) is 0 Å². The Bertz CT molecular complexity index is 1230. The Morgan fingerprint density at radius 3 is 2.53 bits per heavy atom. The number of amides is 1. The molecule has 0 atom stereocenters. The third-order valence-electron chi connectivity index (χ3n) is 4.86. The van der Waals surface area contributed by atoms with E-state index in [2.05, 4.69) is 30.9 Å². The molecule has 0 bridgehead atoms. The minimum atomic E-state index is -0.154. The lowest BCUT2D eigenvalue weighted by molar-refractivity contribution is -0.119. The second kappa shape index (κ2) is 11.5. The van der Waals surface area contributed by atoms with Crippen LogP contribution in [-0.4, -0.2) is 32.0 Å². The van der Waals surface area contributed by atoms with Gasteiger partial charge in [-0.1, -0.05) is 47.5 Å². The second-order valence-corrected chi connectivity index (χ2v) is 8.42. The van der Waals surface area contributed by atoms with Crippen molar-refractivity contribution >= 4 is 40.9 Å². The summed E-state index contributed by atoms with van der Waals surface area (Å²) in [5.74, 6) is 0.833. The van der Waals surface area contributed by atoms with E-state index in [4.69, 9.17) is 23.2 Å². The average molecular weight is 496 g/mol. The summed E-state index contributed by atoms with van der Waals surface area (Å²) in [5, 5.41) is 10.5. The van der Waals surface area contributed by atoms with Crippen LogP contribution in [0.1, 0.15) is 16.8 Å². The van der Waals surface area contributed by atoms with E-state index >= 15 is 0 Å². The van der Waals surface area contributed by atoms with Crippen LogP contribution >= 0.6 is 23.2 Å². The van der Waals surface area contributed by atoms with Crippen molar-refractivity contribution in [3.63, 3.8) is 0 Å². The molecule has 0 saturated heterocycles. The Balaban J connectivity index is 1.40. The fourth-order valence-electron chi connectivity index (χ4n) is 3.18. The first-order chi connectivity index (χ1) is 16.5. The predicted octanol–water partition coefficient (Wildman–Crippen LogP) is 4.37. The molecule has 0 spiro atoms. The molecule has 8 nitrogen and oxygen atoms in total. The zero-order valence-corrected chi connectivity index (χ0v) is 19.7. The summed E-state index contributed by atoms with van der Waals surface area (Å²) in [6.07, 6.45) is 5.29. The number of rotatable bonds is 10. The summed E-state index contributed by atoms with van der Waals surface area (Å²) in [7, 11) is 0. The van der Waals surface area contributed by atoms with Crippen LogP contribution in [-0.2, 0) is 24.4 Å². The number of imidazole rings is 1. The van der Waals surface area contributed by atoms with Crippen molar-refractivity contribution in [2.75, 3.05) is 17.2 Å². The van der Waals surface area contributed by atoms with Crippen LogP contribution in [0.25, 0.3) is 0 Å². The maximum Gasteiger partial charge on any atom is 0.239 e. The Hall–Kier alpha value is -3.62. The Kier molecular flexibility index (Phi) is 7.95. The van der Waals surface area contributed by atoms with E-state index in [9.17, 15) is 4.79 Å². The van der Waals surface area contributed by atoms with Crippen molar-refractivity contribution in [3.8, 4) is 0 Å². The lowest BCUT2D eigenvalue weighted by Gasteiger charge is -2.12. The van der Waals surface area contributed by atoms with Gasteiger partial charge in [0.2, 0.25) is 11.9 Å². The molecule has 0 aliphatic carbocycles. The van der Waals surface area contributed by atoms with Gasteiger partial charge in [0.05, 0.1) is 25.1 Å². The number of hydrogen-bond acceptors (Lipinski definition) is 6.